The van der Waals surface area contributed by atoms with Gasteiger partial charge in [-0.05, 0) is 25.5 Å². The number of aryl methyl sites for hydroxylation is 2. The minimum atomic E-state index is -0.215. The van der Waals surface area contributed by atoms with Gasteiger partial charge in [-0.2, -0.15) is 5.10 Å². The number of anilines is 1. The van der Waals surface area contributed by atoms with E-state index in [9.17, 15) is 4.39 Å². The molecule has 0 atom stereocenters. The molecule has 3 nitrogen and oxygen atoms in total. The highest BCUT2D eigenvalue weighted by Crippen LogP contribution is 2.19. The highest BCUT2D eigenvalue weighted by Gasteiger charge is 2.05. The standard InChI is InChI=1S/C13H16FN3/c1-3-17-9-11(8-16-17)7-15-13-10(2)5-4-6-12(13)14/h4-6,8-9,15H,3,7H2,1-2H3. The number of para-hydroxylation sites is 1. The SMILES string of the molecule is CCn1cc(CNc2c(C)cccc2F)cn1. The van der Waals surface area contributed by atoms with Crippen molar-refractivity contribution < 1.29 is 4.39 Å². The first-order valence-electron chi connectivity index (χ1n) is 5.71. The maximum Gasteiger partial charge on any atom is 0.146 e. The summed E-state index contributed by atoms with van der Waals surface area (Å²) in [4.78, 5) is 0. The summed E-state index contributed by atoms with van der Waals surface area (Å²) in [5.41, 5.74) is 2.53. The van der Waals surface area contributed by atoms with Crippen LogP contribution in [-0.2, 0) is 13.1 Å². The lowest BCUT2D eigenvalue weighted by atomic mass is 10.2. The molecule has 2 rings (SSSR count). The Bertz CT molecular complexity index is 485. The topological polar surface area (TPSA) is 29.9 Å². The Hall–Kier alpha value is -1.84. The summed E-state index contributed by atoms with van der Waals surface area (Å²) in [5, 5.41) is 7.28. The lowest BCUT2D eigenvalue weighted by Gasteiger charge is -2.09. The average molecular weight is 233 g/mol. The first kappa shape index (κ1) is 11.6. The predicted molar refractivity (Wildman–Crippen MR) is 66.4 cm³/mol. The number of nitrogens with one attached hydrogen (secondary N) is 1. The summed E-state index contributed by atoms with van der Waals surface area (Å²) < 4.78 is 15.4. The van der Waals surface area contributed by atoms with E-state index in [1.54, 1.807) is 12.3 Å². The van der Waals surface area contributed by atoms with Gasteiger partial charge in [0.25, 0.3) is 0 Å². The molecule has 2 aromatic rings. The van der Waals surface area contributed by atoms with Crippen molar-refractivity contribution in [2.75, 3.05) is 5.32 Å². The van der Waals surface area contributed by atoms with Crippen LogP contribution < -0.4 is 5.32 Å². The molecular formula is C13H16FN3. The van der Waals surface area contributed by atoms with E-state index in [-0.39, 0.29) is 5.82 Å². The Kier molecular flexibility index (Phi) is 3.42. The summed E-state index contributed by atoms with van der Waals surface area (Å²) in [7, 11) is 0. The largest absolute Gasteiger partial charge is 0.378 e. The number of benzene rings is 1. The van der Waals surface area contributed by atoms with Crippen molar-refractivity contribution in [1.29, 1.82) is 0 Å². The van der Waals surface area contributed by atoms with Gasteiger partial charge in [-0.25, -0.2) is 4.39 Å². The Morgan fingerprint density at radius 3 is 2.88 bits per heavy atom. The van der Waals surface area contributed by atoms with Crippen LogP contribution in [0.1, 0.15) is 18.1 Å². The fourth-order valence-corrected chi connectivity index (χ4v) is 1.72. The van der Waals surface area contributed by atoms with E-state index < -0.39 is 0 Å². The summed E-state index contributed by atoms with van der Waals surface area (Å²) in [5.74, 6) is -0.215. The molecule has 0 saturated heterocycles. The quantitative estimate of drug-likeness (QED) is 0.879. The highest BCUT2D eigenvalue weighted by atomic mass is 19.1. The Morgan fingerprint density at radius 2 is 2.24 bits per heavy atom. The molecule has 0 amide bonds. The third-order valence-corrected chi connectivity index (χ3v) is 2.70. The van der Waals surface area contributed by atoms with Gasteiger partial charge in [0, 0.05) is 24.8 Å². The molecule has 90 valence electrons. The van der Waals surface area contributed by atoms with Gasteiger partial charge in [0.15, 0.2) is 0 Å². The third kappa shape index (κ3) is 2.64. The normalized spacial score (nSPS) is 10.5. The number of aromatic nitrogens is 2. The van der Waals surface area contributed by atoms with Crippen LogP contribution in [0.4, 0.5) is 10.1 Å². The minimum absolute atomic E-state index is 0.215. The Morgan fingerprint density at radius 1 is 1.41 bits per heavy atom. The Balaban J connectivity index is 2.07. The van der Waals surface area contributed by atoms with Gasteiger partial charge in [0.05, 0.1) is 11.9 Å². The van der Waals surface area contributed by atoms with Crippen molar-refractivity contribution in [2.24, 2.45) is 0 Å². The molecule has 1 heterocycles. The fourth-order valence-electron chi connectivity index (χ4n) is 1.72. The molecule has 0 unspecified atom stereocenters. The number of nitrogens with zero attached hydrogens (tertiary/aromatic N) is 2. The minimum Gasteiger partial charge on any atom is -0.378 e. The van der Waals surface area contributed by atoms with E-state index in [2.05, 4.69) is 10.4 Å². The summed E-state index contributed by atoms with van der Waals surface area (Å²) in [6, 6.07) is 5.07. The van der Waals surface area contributed by atoms with Gasteiger partial charge in [-0.15, -0.1) is 0 Å². The number of rotatable bonds is 4. The van der Waals surface area contributed by atoms with Crippen LogP contribution in [0.15, 0.2) is 30.6 Å². The van der Waals surface area contributed by atoms with E-state index in [0.29, 0.717) is 12.2 Å². The van der Waals surface area contributed by atoms with Gasteiger partial charge >= 0.3 is 0 Å². The zero-order chi connectivity index (χ0) is 12.3. The molecule has 0 aliphatic rings. The molecule has 0 aliphatic carbocycles. The molecule has 1 aromatic heterocycles. The fraction of sp³-hybridized carbons (Fsp3) is 0.308. The molecule has 0 aliphatic heterocycles. The molecule has 0 bridgehead atoms. The number of hydrogen-bond acceptors (Lipinski definition) is 2. The zero-order valence-corrected chi connectivity index (χ0v) is 10.1. The summed E-state index contributed by atoms with van der Waals surface area (Å²) >= 11 is 0. The van der Waals surface area contributed by atoms with Crippen LogP contribution in [0.5, 0.6) is 0 Å². The van der Waals surface area contributed by atoms with E-state index in [4.69, 9.17) is 0 Å². The predicted octanol–water partition coefficient (Wildman–Crippen LogP) is 2.96. The monoisotopic (exact) mass is 233 g/mol. The molecule has 0 saturated carbocycles. The average Bonchev–Trinajstić information content (AvgIpc) is 2.76. The van der Waals surface area contributed by atoms with Crippen molar-refractivity contribution in [3.8, 4) is 0 Å². The van der Waals surface area contributed by atoms with E-state index in [0.717, 1.165) is 17.7 Å². The van der Waals surface area contributed by atoms with Crippen LogP contribution in [0.25, 0.3) is 0 Å². The van der Waals surface area contributed by atoms with Crippen molar-refractivity contribution in [3.63, 3.8) is 0 Å². The van der Waals surface area contributed by atoms with Crippen LogP contribution >= 0.6 is 0 Å². The summed E-state index contributed by atoms with van der Waals surface area (Å²) in [6.45, 7) is 5.35. The van der Waals surface area contributed by atoms with Crippen LogP contribution in [0.3, 0.4) is 0 Å². The maximum atomic E-state index is 13.5. The van der Waals surface area contributed by atoms with Gasteiger partial charge in [0.2, 0.25) is 0 Å². The molecule has 17 heavy (non-hydrogen) atoms. The first-order valence-corrected chi connectivity index (χ1v) is 5.71. The first-order chi connectivity index (χ1) is 8.20. The van der Waals surface area contributed by atoms with Crippen molar-refractivity contribution >= 4 is 5.69 Å². The molecule has 1 aromatic carbocycles. The number of halogens is 1. The van der Waals surface area contributed by atoms with Crippen molar-refractivity contribution in [1.82, 2.24) is 9.78 Å². The van der Waals surface area contributed by atoms with Crippen LogP contribution in [0, 0.1) is 12.7 Å². The second-order valence-electron chi connectivity index (χ2n) is 3.99. The van der Waals surface area contributed by atoms with E-state index in [1.807, 2.05) is 30.8 Å². The van der Waals surface area contributed by atoms with Gasteiger partial charge < -0.3 is 5.32 Å². The van der Waals surface area contributed by atoms with Crippen LogP contribution in [0.2, 0.25) is 0 Å². The van der Waals surface area contributed by atoms with Gasteiger partial charge in [-0.1, -0.05) is 12.1 Å². The smallest absolute Gasteiger partial charge is 0.146 e. The molecule has 1 N–H and O–H groups in total. The van der Waals surface area contributed by atoms with Crippen molar-refractivity contribution in [3.05, 3.63) is 47.5 Å². The highest BCUT2D eigenvalue weighted by molar-refractivity contribution is 5.51. The van der Waals surface area contributed by atoms with Crippen LogP contribution in [-0.4, -0.2) is 9.78 Å². The second-order valence-corrected chi connectivity index (χ2v) is 3.99. The molecule has 0 fully saturated rings. The molecule has 4 heteroatoms. The van der Waals surface area contributed by atoms with Gasteiger partial charge in [-0.3, -0.25) is 4.68 Å². The lowest BCUT2D eigenvalue weighted by molar-refractivity contribution is 0.629. The molecule has 0 spiro atoms. The lowest BCUT2D eigenvalue weighted by Crippen LogP contribution is -2.02. The maximum absolute atomic E-state index is 13.5. The molecule has 0 radical (unpaired) electrons. The zero-order valence-electron chi connectivity index (χ0n) is 10.1. The Labute approximate surface area is 100 Å². The second kappa shape index (κ2) is 4.99. The van der Waals surface area contributed by atoms with E-state index >= 15 is 0 Å². The number of hydrogen-bond donors (Lipinski definition) is 1. The van der Waals surface area contributed by atoms with Gasteiger partial charge in [0.1, 0.15) is 5.82 Å². The molecular weight excluding hydrogens is 217 g/mol. The third-order valence-electron chi connectivity index (χ3n) is 2.70. The van der Waals surface area contributed by atoms with E-state index in [1.165, 1.54) is 6.07 Å². The summed E-state index contributed by atoms with van der Waals surface area (Å²) in [6.07, 6.45) is 3.76. The van der Waals surface area contributed by atoms with Crippen molar-refractivity contribution in [2.45, 2.75) is 26.9 Å².